The van der Waals surface area contributed by atoms with E-state index in [1.165, 1.54) is 12.0 Å². The Hall–Kier alpha value is -2.27. The first-order valence-corrected chi connectivity index (χ1v) is 9.58. The summed E-state index contributed by atoms with van der Waals surface area (Å²) >= 11 is 0. The van der Waals surface area contributed by atoms with Crippen molar-refractivity contribution in [1.29, 1.82) is 0 Å². The average Bonchev–Trinajstić information content (AvgIpc) is 2.69. The lowest BCUT2D eigenvalue weighted by Crippen LogP contribution is -2.38. The van der Waals surface area contributed by atoms with E-state index in [0.29, 0.717) is 18.9 Å². The molecule has 0 saturated carbocycles. The number of benzene rings is 1. The highest BCUT2D eigenvalue weighted by atomic mass is 16.2. The second kappa shape index (κ2) is 7.54. The van der Waals surface area contributed by atoms with Gasteiger partial charge in [-0.05, 0) is 31.9 Å². The predicted octanol–water partition coefficient (Wildman–Crippen LogP) is 2.38. The molecule has 0 bridgehead atoms. The minimum atomic E-state index is 0.181. The van der Waals surface area contributed by atoms with E-state index >= 15 is 0 Å². The van der Waals surface area contributed by atoms with E-state index in [0.717, 1.165) is 55.1 Å². The average molecular weight is 350 g/mol. The van der Waals surface area contributed by atoms with Crippen LogP contribution in [-0.4, -0.2) is 40.4 Å². The van der Waals surface area contributed by atoms with Crippen LogP contribution in [0.5, 0.6) is 0 Å². The molecule has 1 saturated heterocycles. The molecule has 5 nitrogen and oxygen atoms in total. The fourth-order valence-electron chi connectivity index (χ4n) is 3.81. The summed E-state index contributed by atoms with van der Waals surface area (Å²) < 4.78 is 0. The molecule has 1 fully saturated rings. The Morgan fingerprint density at radius 1 is 1.31 bits per heavy atom. The molecular weight excluding hydrogens is 324 g/mol. The van der Waals surface area contributed by atoms with Crippen LogP contribution in [0.15, 0.2) is 30.5 Å². The maximum absolute atomic E-state index is 12.7. The van der Waals surface area contributed by atoms with E-state index in [1.807, 2.05) is 23.2 Å². The Kier molecular flexibility index (Phi) is 4.98. The summed E-state index contributed by atoms with van der Waals surface area (Å²) in [5.74, 6) is 1.57. The molecule has 0 radical (unpaired) electrons. The number of nitrogens with one attached hydrogen (secondary N) is 1. The van der Waals surface area contributed by atoms with Gasteiger partial charge in [0.05, 0.1) is 12.1 Å². The molecule has 1 aromatic carbocycles. The maximum atomic E-state index is 12.7. The molecule has 1 atom stereocenters. The standard InChI is InChI=1S/C21H26N4O/c1-15-4-6-16(7-5-15)11-20(26)25-10-8-19-18(14-25)13-23-21(24-19)17-3-2-9-22-12-17/h4-7,13,17,22H,2-3,8-12,14H2,1H3. The Bertz CT molecular complexity index is 781. The van der Waals surface area contributed by atoms with Crippen LogP contribution < -0.4 is 5.32 Å². The third-order valence-electron chi connectivity index (χ3n) is 5.44. The van der Waals surface area contributed by atoms with Crippen LogP contribution in [0.3, 0.4) is 0 Å². The van der Waals surface area contributed by atoms with Crippen molar-refractivity contribution >= 4 is 5.91 Å². The Morgan fingerprint density at radius 3 is 2.92 bits per heavy atom. The van der Waals surface area contributed by atoms with Gasteiger partial charge in [-0.3, -0.25) is 4.79 Å². The molecular formula is C21H26N4O. The second-order valence-electron chi connectivity index (χ2n) is 7.47. The lowest BCUT2D eigenvalue weighted by Gasteiger charge is -2.29. The highest BCUT2D eigenvalue weighted by Crippen LogP contribution is 2.23. The number of rotatable bonds is 3. The summed E-state index contributed by atoms with van der Waals surface area (Å²) in [5, 5.41) is 3.43. The van der Waals surface area contributed by atoms with E-state index in [9.17, 15) is 4.79 Å². The number of nitrogens with zero attached hydrogens (tertiary/aromatic N) is 3. The van der Waals surface area contributed by atoms with Crippen molar-refractivity contribution < 1.29 is 4.79 Å². The molecule has 136 valence electrons. The largest absolute Gasteiger partial charge is 0.338 e. The Morgan fingerprint density at radius 2 is 2.15 bits per heavy atom. The summed E-state index contributed by atoms with van der Waals surface area (Å²) in [6.45, 7) is 5.50. The first kappa shape index (κ1) is 17.2. The van der Waals surface area contributed by atoms with Gasteiger partial charge in [-0.15, -0.1) is 0 Å². The molecule has 5 heteroatoms. The van der Waals surface area contributed by atoms with Gasteiger partial charge in [0.1, 0.15) is 5.82 Å². The number of hydrogen-bond acceptors (Lipinski definition) is 4. The van der Waals surface area contributed by atoms with Gasteiger partial charge in [-0.25, -0.2) is 9.97 Å². The smallest absolute Gasteiger partial charge is 0.227 e. The van der Waals surface area contributed by atoms with Crippen LogP contribution in [0.1, 0.15) is 47.0 Å². The monoisotopic (exact) mass is 350 g/mol. The summed E-state index contributed by atoms with van der Waals surface area (Å²) in [6.07, 6.45) is 5.57. The number of fused-ring (bicyclic) bond motifs is 1. The van der Waals surface area contributed by atoms with Crippen molar-refractivity contribution in [2.45, 2.75) is 45.1 Å². The van der Waals surface area contributed by atoms with Gasteiger partial charge < -0.3 is 10.2 Å². The Labute approximate surface area is 154 Å². The van der Waals surface area contributed by atoms with Crippen LogP contribution in [0, 0.1) is 6.92 Å². The van der Waals surface area contributed by atoms with Crippen molar-refractivity contribution in [3.63, 3.8) is 0 Å². The SMILES string of the molecule is Cc1ccc(CC(=O)N2CCc3nc(C4CCCNC4)ncc3C2)cc1. The fourth-order valence-corrected chi connectivity index (χ4v) is 3.81. The third-order valence-corrected chi connectivity index (χ3v) is 5.44. The van der Waals surface area contributed by atoms with Crippen molar-refractivity contribution in [3.8, 4) is 0 Å². The summed E-state index contributed by atoms with van der Waals surface area (Å²) in [6, 6.07) is 8.20. The van der Waals surface area contributed by atoms with Crippen LogP contribution in [0.25, 0.3) is 0 Å². The summed E-state index contributed by atoms with van der Waals surface area (Å²) in [4.78, 5) is 24.0. The van der Waals surface area contributed by atoms with Gasteiger partial charge in [-0.2, -0.15) is 0 Å². The van der Waals surface area contributed by atoms with Gasteiger partial charge in [0.25, 0.3) is 0 Å². The highest BCUT2D eigenvalue weighted by molar-refractivity contribution is 5.79. The van der Waals surface area contributed by atoms with Crippen LogP contribution >= 0.6 is 0 Å². The van der Waals surface area contributed by atoms with Gasteiger partial charge in [0.15, 0.2) is 0 Å². The molecule has 3 heterocycles. The first-order valence-electron chi connectivity index (χ1n) is 9.58. The number of carbonyl (C=O) groups excluding carboxylic acids is 1. The number of aromatic nitrogens is 2. The number of aryl methyl sites for hydroxylation is 1. The number of carbonyl (C=O) groups is 1. The molecule has 1 amide bonds. The number of amides is 1. The van der Waals surface area contributed by atoms with Gasteiger partial charge in [0, 0.05) is 43.7 Å². The zero-order valence-electron chi connectivity index (χ0n) is 15.4. The number of hydrogen-bond donors (Lipinski definition) is 1. The maximum Gasteiger partial charge on any atom is 0.227 e. The van der Waals surface area contributed by atoms with Crippen LogP contribution in [-0.2, 0) is 24.2 Å². The molecule has 0 aliphatic carbocycles. The molecule has 1 N–H and O–H groups in total. The van der Waals surface area contributed by atoms with Crippen LogP contribution in [0.2, 0.25) is 0 Å². The lowest BCUT2D eigenvalue weighted by molar-refractivity contribution is -0.131. The quantitative estimate of drug-likeness (QED) is 0.923. The van der Waals surface area contributed by atoms with Gasteiger partial charge >= 0.3 is 0 Å². The lowest BCUT2D eigenvalue weighted by atomic mass is 9.98. The molecule has 26 heavy (non-hydrogen) atoms. The zero-order chi connectivity index (χ0) is 17.9. The van der Waals surface area contributed by atoms with Gasteiger partial charge in [0.2, 0.25) is 5.91 Å². The minimum absolute atomic E-state index is 0.181. The van der Waals surface area contributed by atoms with E-state index < -0.39 is 0 Å². The Balaban J connectivity index is 1.42. The summed E-state index contributed by atoms with van der Waals surface area (Å²) in [5.41, 5.74) is 4.51. The molecule has 1 aromatic heterocycles. The van der Waals surface area contributed by atoms with Gasteiger partial charge in [-0.1, -0.05) is 29.8 Å². The molecule has 4 rings (SSSR count). The highest BCUT2D eigenvalue weighted by Gasteiger charge is 2.24. The molecule has 2 aliphatic rings. The second-order valence-corrected chi connectivity index (χ2v) is 7.47. The number of piperidine rings is 1. The molecule has 2 aliphatic heterocycles. The van der Waals surface area contributed by atoms with Crippen molar-refractivity contribution in [3.05, 3.63) is 58.7 Å². The minimum Gasteiger partial charge on any atom is -0.338 e. The van der Waals surface area contributed by atoms with Crippen LogP contribution in [0.4, 0.5) is 0 Å². The zero-order valence-corrected chi connectivity index (χ0v) is 15.4. The van der Waals surface area contributed by atoms with E-state index in [4.69, 9.17) is 4.98 Å². The van der Waals surface area contributed by atoms with E-state index in [2.05, 4.69) is 29.4 Å². The molecule has 1 unspecified atom stereocenters. The first-order chi connectivity index (χ1) is 12.7. The van der Waals surface area contributed by atoms with E-state index in [1.54, 1.807) is 0 Å². The molecule has 2 aromatic rings. The third kappa shape index (κ3) is 3.78. The van der Waals surface area contributed by atoms with Crippen molar-refractivity contribution in [2.75, 3.05) is 19.6 Å². The molecule has 0 spiro atoms. The van der Waals surface area contributed by atoms with E-state index in [-0.39, 0.29) is 5.91 Å². The van der Waals surface area contributed by atoms with Crippen molar-refractivity contribution in [2.24, 2.45) is 0 Å². The fraction of sp³-hybridized carbons (Fsp3) is 0.476. The normalized spacial score (nSPS) is 19.9. The summed E-state index contributed by atoms with van der Waals surface area (Å²) in [7, 11) is 0. The van der Waals surface area contributed by atoms with Crippen molar-refractivity contribution in [1.82, 2.24) is 20.2 Å². The predicted molar refractivity (Wildman–Crippen MR) is 101 cm³/mol. The topological polar surface area (TPSA) is 58.1 Å².